The third-order valence-electron chi connectivity index (χ3n) is 3.26. The van der Waals surface area contributed by atoms with Gasteiger partial charge < -0.3 is 4.74 Å². The van der Waals surface area contributed by atoms with Crippen LogP contribution in [-0.4, -0.2) is 17.4 Å². The Kier molecular flexibility index (Phi) is 3.89. The molecule has 0 aromatic rings. The van der Waals surface area contributed by atoms with Crippen LogP contribution in [-0.2, 0) is 14.3 Å². The molecule has 1 rings (SSSR count). The van der Waals surface area contributed by atoms with Gasteiger partial charge in [0.25, 0.3) is 0 Å². The Morgan fingerprint density at radius 2 is 2.12 bits per heavy atom. The van der Waals surface area contributed by atoms with E-state index in [0.717, 1.165) is 18.9 Å². The molecule has 0 aromatic carbocycles. The maximum atomic E-state index is 11.9. The second-order valence-electron chi connectivity index (χ2n) is 5.13. The zero-order chi connectivity index (χ0) is 12.3. The number of hydrogen-bond donors (Lipinski definition) is 0. The standard InChI is InChI=1S/C13H20O3/c1-5-12(15)16-13(3,4)10-7-6-9(2)8-11(10)14/h5,9-10H,1,6-8H2,2-4H3. The second kappa shape index (κ2) is 4.81. The molecule has 1 aliphatic rings. The quantitative estimate of drug-likeness (QED) is 0.546. The van der Waals surface area contributed by atoms with Gasteiger partial charge in [0.05, 0.1) is 5.92 Å². The summed E-state index contributed by atoms with van der Waals surface area (Å²) in [6.45, 7) is 9.04. The van der Waals surface area contributed by atoms with Crippen molar-refractivity contribution in [2.45, 2.75) is 45.6 Å². The first-order valence-corrected chi connectivity index (χ1v) is 5.75. The molecule has 16 heavy (non-hydrogen) atoms. The lowest BCUT2D eigenvalue weighted by atomic mass is 9.74. The summed E-state index contributed by atoms with van der Waals surface area (Å²) in [4.78, 5) is 23.1. The van der Waals surface area contributed by atoms with Crippen molar-refractivity contribution in [1.29, 1.82) is 0 Å². The number of rotatable bonds is 3. The SMILES string of the molecule is C=CC(=O)OC(C)(C)C1CCC(C)CC1=O. The third-order valence-corrected chi connectivity index (χ3v) is 3.26. The molecule has 3 heteroatoms. The first-order valence-electron chi connectivity index (χ1n) is 5.75. The molecule has 2 atom stereocenters. The second-order valence-corrected chi connectivity index (χ2v) is 5.13. The van der Waals surface area contributed by atoms with Crippen LogP contribution in [0.4, 0.5) is 0 Å². The van der Waals surface area contributed by atoms with E-state index in [4.69, 9.17) is 4.74 Å². The summed E-state index contributed by atoms with van der Waals surface area (Å²) in [5.41, 5.74) is -0.720. The number of Topliss-reactive ketones (excluding diaryl/α,β-unsaturated/α-hetero) is 1. The molecular formula is C13H20O3. The predicted molar refractivity (Wildman–Crippen MR) is 61.9 cm³/mol. The molecule has 0 radical (unpaired) electrons. The molecule has 2 unspecified atom stereocenters. The normalized spacial score (nSPS) is 26.3. The number of esters is 1. The highest BCUT2D eigenvalue weighted by Crippen LogP contribution is 2.34. The van der Waals surface area contributed by atoms with Crippen LogP contribution >= 0.6 is 0 Å². The zero-order valence-electron chi connectivity index (χ0n) is 10.3. The van der Waals surface area contributed by atoms with Crippen molar-refractivity contribution in [2.75, 3.05) is 0 Å². The molecule has 90 valence electrons. The Balaban J connectivity index is 2.71. The van der Waals surface area contributed by atoms with Crippen LogP contribution < -0.4 is 0 Å². The van der Waals surface area contributed by atoms with Crippen LogP contribution in [0, 0.1) is 11.8 Å². The molecule has 0 aliphatic heterocycles. The average molecular weight is 224 g/mol. The number of ether oxygens (including phenoxy) is 1. The van der Waals surface area contributed by atoms with Gasteiger partial charge in [-0.3, -0.25) is 4.79 Å². The van der Waals surface area contributed by atoms with Gasteiger partial charge in [-0.2, -0.15) is 0 Å². The molecule has 0 bridgehead atoms. The fraction of sp³-hybridized carbons (Fsp3) is 0.692. The van der Waals surface area contributed by atoms with Crippen molar-refractivity contribution in [3.63, 3.8) is 0 Å². The zero-order valence-corrected chi connectivity index (χ0v) is 10.3. The van der Waals surface area contributed by atoms with E-state index < -0.39 is 11.6 Å². The number of carbonyl (C=O) groups is 2. The molecular weight excluding hydrogens is 204 g/mol. The van der Waals surface area contributed by atoms with E-state index in [1.54, 1.807) is 13.8 Å². The number of carbonyl (C=O) groups excluding carboxylic acids is 2. The van der Waals surface area contributed by atoms with Crippen molar-refractivity contribution >= 4 is 11.8 Å². The maximum absolute atomic E-state index is 11.9. The monoisotopic (exact) mass is 224 g/mol. The lowest BCUT2D eigenvalue weighted by molar-refractivity contribution is -0.160. The summed E-state index contributed by atoms with van der Waals surface area (Å²) in [6, 6.07) is 0. The van der Waals surface area contributed by atoms with Crippen molar-refractivity contribution in [1.82, 2.24) is 0 Å². The average Bonchev–Trinajstić information content (AvgIpc) is 2.16. The fourth-order valence-electron chi connectivity index (χ4n) is 2.31. The van der Waals surface area contributed by atoms with Crippen LogP contribution in [0.5, 0.6) is 0 Å². The highest BCUT2D eigenvalue weighted by atomic mass is 16.6. The van der Waals surface area contributed by atoms with E-state index in [2.05, 4.69) is 13.5 Å². The van der Waals surface area contributed by atoms with Gasteiger partial charge in [0.2, 0.25) is 0 Å². The lowest BCUT2D eigenvalue weighted by Gasteiger charge is -2.36. The maximum Gasteiger partial charge on any atom is 0.330 e. The van der Waals surface area contributed by atoms with Crippen molar-refractivity contribution in [3.05, 3.63) is 12.7 Å². The Labute approximate surface area is 96.9 Å². The van der Waals surface area contributed by atoms with Gasteiger partial charge in [0.1, 0.15) is 11.4 Å². The van der Waals surface area contributed by atoms with Gasteiger partial charge in [-0.05, 0) is 32.6 Å². The minimum Gasteiger partial charge on any atom is -0.456 e. The first-order chi connectivity index (χ1) is 7.36. The molecule has 0 amide bonds. The molecule has 0 saturated heterocycles. The van der Waals surface area contributed by atoms with Gasteiger partial charge in [0.15, 0.2) is 0 Å². The van der Waals surface area contributed by atoms with Crippen molar-refractivity contribution in [2.24, 2.45) is 11.8 Å². The van der Waals surface area contributed by atoms with Gasteiger partial charge >= 0.3 is 5.97 Å². The number of ketones is 1. The van der Waals surface area contributed by atoms with Gasteiger partial charge in [-0.25, -0.2) is 4.79 Å². The van der Waals surface area contributed by atoms with Gasteiger partial charge in [-0.1, -0.05) is 13.5 Å². The number of hydrogen-bond acceptors (Lipinski definition) is 3. The third kappa shape index (κ3) is 2.94. The van der Waals surface area contributed by atoms with Crippen LogP contribution in [0.25, 0.3) is 0 Å². The summed E-state index contributed by atoms with van der Waals surface area (Å²) in [7, 11) is 0. The van der Waals surface area contributed by atoms with E-state index >= 15 is 0 Å². The molecule has 1 aliphatic carbocycles. The smallest absolute Gasteiger partial charge is 0.330 e. The highest BCUT2D eigenvalue weighted by molar-refractivity contribution is 5.85. The fourth-order valence-corrected chi connectivity index (χ4v) is 2.31. The summed E-state index contributed by atoms with van der Waals surface area (Å²) < 4.78 is 5.25. The van der Waals surface area contributed by atoms with Crippen LogP contribution in [0.15, 0.2) is 12.7 Å². The summed E-state index contributed by atoms with van der Waals surface area (Å²) >= 11 is 0. The largest absolute Gasteiger partial charge is 0.456 e. The molecule has 0 spiro atoms. The van der Waals surface area contributed by atoms with E-state index in [-0.39, 0.29) is 11.7 Å². The minimum atomic E-state index is -0.720. The molecule has 3 nitrogen and oxygen atoms in total. The topological polar surface area (TPSA) is 43.4 Å². The van der Waals surface area contributed by atoms with Crippen molar-refractivity contribution in [3.8, 4) is 0 Å². The Hall–Kier alpha value is -1.12. The van der Waals surface area contributed by atoms with Crippen LogP contribution in [0.3, 0.4) is 0 Å². The molecule has 0 heterocycles. The van der Waals surface area contributed by atoms with Gasteiger partial charge in [0, 0.05) is 12.5 Å². The van der Waals surface area contributed by atoms with Crippen LogP contribution in [0.2, 0.25) is 0 Å². The molecule has 1 fully saturated rings. The van der Waals surface area contributed by atoms with Crippen LogP contribution in [0.1, 0.15) is 40.0 Å². The van der Waals surface area contributed by atoms with E-state index in [1.807, 2.05) is 0 Å². The Morgan fingerprint density at radius 1 is 1.50 bits per heavy atom. The summed E-state index contributed by atoms with van der Waals surface area (Å²) in [5, 5.41) is 0. The van der Waals surface area contributed by atoms with Crippen molar-refractivity contribution < 1.29 is 14.3 Å². The molecule has 1 saturated carbocycles. The molecule has 0 aromatic heterocycles. The predicted octanol–water partition coefficient (Wildman–Crippen LogP) is 2.50. The minimum absolute atomic E-state index is 0.174. The Bertz CT molecular complexity index is 304. The van der Waals surface area contributed by atoms with E-state index in [0.29, 0.717) is 12.3 Å². The van der Waals surface area contributed by atoms with E-state index in [1.165, 1.54) is 0 Å². The summed E-state index contributed by atoms with van der Waals surface area (Å²) in [6.07, 6.45) is 3.56. The highest BCUT2D eigenvalue weighted by Gasteiger charge is 2.40. The summed E-state index contributed by atoms with van der Waals surface area (Å²) in [5.74, 6) is 0.0271. The lowest BCUT2D eigenvalue weighted by Crippen LogP contribution is -2.43. The van der Waals surface area contributed by atoms with E-state index in [9.17, 15) is 9.59 Å². The first kappa shape index (κ1) is 12.9. The molecule has 0 N–H and O–H groups in total. The van der Waals surface area contributed by atoms with Gasteiger partial charge in [-0.15, -0.1) is 0 Å². The Morgan fingerprint density at radius 3 is 2.62 bits per heavy atom.